The average molecular weight is 342 g/mol. The molecular formula is C21H18N4O. The second-order valence-electron chi connectivity index (χ2n) is 6.97. The lowest BCUT2D eigenvalue weighted by Gasteiger charge is -2.36. The highest BCUT2D eigenvalue weighted by Crippen LogP contribution is 2.51. The lowest BCUT2D eigenvalue weighted by Crippen LogP contribution is -2.25. The van der Waals surface area contributed by atoms with Crippen molar-refractivity contribution in [3.8, 4) is 22.9 Å². The van der Waals surface area contributed by atoms with Gasteiger partial charge in [-0.25, -0.2) is 9.97 Å². The Morgan fingerprint density at radius 2 is 1.27 bits per heavy atom. The molecule has 0 fully saturated rings. The molecule has 5 nitrogen and oxygen atoms in total. The Bertz CT molecular complexity index is 994. The highest BCUT2D eigenvalue weighted by atomic mass is 16.5. The number of hydrogen-bond donors (Lipinski definition) is 0. The molecule has 0 saturated heterocycles. The number of rotatable bonds is 2. The first-order chi connectivity index (χ1) is 12.7. The Labute approximate surface area is 151 Å². The van der Waals surface area contributed by atoms with Crippen molar-refractivity contribution in [1.29, 1.82) is 0 Å². The van der Waals surface area contributed by atoms with Crippen LogP contribution in [0.2, 0.25) is 0 Å². The van der Waals surface area contributed by atoms with E-state index in [0.717, 1.165) is 22.9 Å². The van der Waals surface area contributed by atoms with Crippen LogP contribution in [0.25, 0.3) is 11.4 Å². The van der Waals surface area contributed by atoms with Crippen LogP contribution in [-0.2, 0) is 5.41 Å². The molecule has 5 rings (SSSR count). The molecule has 2 aromatic heterocycles. The van der Waals surface area contributed by atoms with Crippen molar-refractivity contribution in [3.63, 3.8) is 0 Å². The molecule has 0 atom stereocenters. The van der Waals surface area contributed by atoms with Crippen molar-refractivity contribution in [2.45, 2.75) is 19.3 Å². The Hall–Kier alpha value is -3.34. The Morgan fingerprint density at radius 3 is 1.69 bits per heavy atom. The van der Waals surface area contributed by atoms with E-state index >= 15 is 0 Å². The van der Waals surface area contributed by atoms with E-state index in [1.165, 1.54) is 11.1 Å². The molecule has 1 aliphatic rings. The van der Waals surface area contributed by atoms with Gasteiger partial charge in [-0.15, -0.1) is 0 Å². The summed E-state index contributed by atoms with van der Waals surface area (Å²) in [7, 11) is 0. The molecule has 0 saturated carbocycles. The molecule has 4 aromatic rings. The highest BCUT2D eigenvalue weighted by molar-refractivity contribution is 5.67. The van der Waals surface area contributed by atoms with Crippen LogP contribution in [0, 0.1) is 0 Å². The largest absolute Gasteiger partial charge is 0.452 e. The van der Waals surface area contributed by atoms with Gasteiger partial charge >= 0.3 is 0 Å². The van der Waals surface area contributed by atoms with Crippen LogP contribution in [0.3, 0.4) is 0 Å². The minimum absolute atomic E-state index is 0.184. The second-order valence-corrected chi connectivity index (χ2v) is 6.97. The molecule has 0 spiro atoms. The fraction of sp³-hybridized carbons (Fsp3) is 0.143. The Kier molecular flexibility index (Phi) is 3.06. The Morgan fingerprint density at radius 1 is 0.769 bits per heavy atom. The van der Waals surface area contributed by atoms with Crippen LogP contribution >= 0.6 is 0 Å². The van der Waals surface area contributed by atoms with E-state index in [2.05, 4.69) is 60.2 Å². The molecule has 128 valence electrons. The van der Waals surface area contributed by atoms with Gasteiger partial charge in [0.25, 0.3) is 0 Å². The maximum Gasteiger partial charge on any atom is 0.155 e. The SMILES string of the molecule is CC1(C)c2cccc(-n3ccnc3)c2Oc2c(-n3ccnc3)cccc21. The van der Waals surface area contributed by atoms with Crippen LogP contribution < -0.4 is 4.74 Å². The molecule has 1 aliphatic heterocycles. The fourth-order valence-corrected chi connectivity index (χ4v) is 3.71. The zero-order valence-electron chi connectivity index (χ0n) is 14.6. The van der Waals surface area contributed by atoms with Gasteiger partial charge in [-0.3, -0.25) is 0 Å². The number of aromatic nitrogens is 4. The van der Waals surface area contributed by atoms with Gasteiger partial charge in [0.05, 0.1) is 24.0 Å². The molecule has 5 heteroatoms. The fourth-order valence-electron chi connectivity index (χ4n) is 3.71. The first-order valence-electron chi connectivity index (χ1n) is 8.58. The third kappa shape index (κ3) is 2.03. The average Bonchev–Trinajstić information content (AvgIpc) is 3.35. The van der Waals surface area contributed by atoms with E-state index in [-0.39, 0.29) is 5.41 Å². The summed E-state index contributed by atoms with van der Waals surface area (Å²) in [6.45, 7) is 4.48. The quantitative estimate of drug-likeness (QED) is 0.539. The van der Waals surface area contributed by atoms with Crippen LogP contribution in [0.15, 0.2) is 73.8 Å². The van der Waals surface area contributed by atoms with E-state index in [1.807, 2.05) is 21.5 Å². The van der Waals surface area contributed by atoms with Crippen molar-refractivity contribution in [2.24, 2.45) is 0 Å². The summed E-state index contributed by atoms with van der Waals surface area (Å²) in [6.07, 6.45) is 11.0. The number of fused-ring (bicyclic) bond motifs is 2. The Balaban J connectivity index is 1.78. The predicted octanol–water partition coefficient (Wildman–Crippen LogP) is 4.49. The lowest BCUT2D eigenvalue weighted by atomic mass is 9.75. The van der Waals surface area contributed by atoms with Crippen molar-refractivity contribution in [3.05, 3.63) is 85.0 Å². The molecule has 26 heavy (non-hydrogen) atoms. The van der Waals surface area contributed by atoms with Gasteiger partial charge in [0.1, 0.15) is 0 Å². The molecule has 2 aromatic carbocycles. The van der Waals surface area contributed by atoms with Gasteiger partial charge in [0.2, 0.25) is 0 Å². The molecule has 0 bridgehead atoms. The van der Waals surface area contributed by atoms with E-state index in [9.17, 15) is 0 Å². The number of para-hydroxylation sites is 2. The predicted molar refractivity (Wildman–Crippen MR) is 99.3 cm³/mol. The van der Waals surface area contributed by atoms with E-state index < -0.39 is 0 Å². The highest BCUT2D eigenvalue weighted by Gasteiger charge is 2.37. The summed E-state index contributed by atoms with van der Waals surface area (Å²) in [5.41, 5.74) is 4.12. The second kappa shape index (κ2) is 5.33. The standard InChI is InChI=1S/C21H18N4O/c1-21(2)15-5-3-7-17(24-11-9-22-13-24)19(15)26-20-16(21)6-4-8-18(20)25-12-10-23-14-25/h3-14H,1-2H3. The third-order valence-corrected chi connectivity index (χ3v) is 5.10. The van der Waals surface area contributed by atoms with Crippen LogP contribution in [0.1, 0.15) is 25.0 Å². The summed E-state index contributed by atoms with van der Waals surface area (Å²) in [5, 5.41) is 0. The van der Waals surface area contributed by atoms with Crippen LogP contribution in [0.5, 0.6) is 11.5 Å². The van der Waals surface area contributed by atoms with Crippen LogP contribution in [0.4, 0.5) is 0 Å². The van der Waals surface area contributed by atoms with Gasteiger partial charge < -0.3 is 13.9 Å². The van der Waals surface area contributed by atoms with Gasteiger partial charge in [-0.05, 0) is 12.1 Å². The van der Waals surface area contributed by atoms with Gasteiger partial charge in [0, 0.05) is 41.3 Å². The summed E-state index contributed by atoms with van der Waals surface area (Å²) < 4.78 is 10.5. The van der Waals surface area contributed by atoms with Crippen molar-refractivity contribution < 1.29 is 4.74 Å². The van der Waals surface area contributed by atoms with Crippen LogP contribution in [-0.4, -0.2) is 19.1 Å². The molecular weight excluding hydrogens is 324 g/mol. The first-order valence-corrected chi connectivity index (χ1v) is 8.58. The number of hydrogen-bond acceptors (Lipinski definition) is 3. The normalized spacial score (nSPS) is 14.4. The number of nitrogens with zero attached hydrogens (tertiary/aromatic N) is 4. The molecule has 0 radical (unpaired) electrons. The minimum atomic E-state index is -0.184. The van der Waals surface area contributed by atoms with Gasteiger partial charge in [-0.1, -0.05) is 38.1 Å². The van der Waals surface area contributed by atoms with Gasteiger partial charge in [0.15, 0.2) is 11.5 Å². The first kappa shape index (κ1) is 15.0. The van der Waals surface area contributed by atoms with Crippen molar-refractivity contribution in [1.82, 2.24) is 19.1 Å². The lowest BCUT2D eigenvalue weighted by molar-refractivity contribution is 0.414. The number of benzene rings is 2. The maximum absolute atomic E-state index is 6.53. The summed E-state index contributed by atoms with van der Waals surface area (Å²) in [5.74, 6) is 1.74. The monoisotopic (exact) mass is 342 g/mol. The third-order valence-electron chi connectivity index (χ3n) is 5.10. The maximum atomic E-state index is 6.53. The molecule has 0 N–H and O–H groups in total. The topological polar surface area (TPSA) is 44.9 Å². The molecule has 0 amide bonds. The van der Waals surface area contributed by atoms with Crippen molar-refractivity contribution in [2.75, 3.05) is 0 Å². The summed E-state index contributed by atoms with van der Waals surface area (Å²) >= 11 is 0. The molecule has 0 aliphatic carbocycles. The smallest absolute Gasteiger partial charge is 0.155 e. The minimum Gasteiger partial charge on any atom is -0.452 e. The molecule has 0 unspecified atom stereocenters. The zero-order valence-corrected chi connectivity index (χ0v) is 14.6. The van der Waals surface area contributed by atoms with E-state index in [0.29, 0.717) is 0 Å². The summed E-state index contributed by atoms with van der Waals surface area (Å²) in [4.78, 5) is 8.36. The van der Waals surface area contributed by atoms with Crippen molar-refractivity contribution >= 4 is 0 Å². The van der Waals surface area contributed by atoms with E-state index in [1.54, 1.807) is 25.0 Å². The van der Waals surface area contributed by atoms with E-state index in [4.69, 9.17) is 4.74 Å². The number of imidazole rings is 2. The van der Waals surface area contributed by atoms with Gasteiger partial charge in [-0.2, -0.15) is 0 Å². The number of ether oxygens (including phenoxy) is 1. The zero-order chi connectivity index (χ0) is 17.7. The molecule has 3 heterocycles. The summed E-state index contributed by atoms with van der Waals surface area (Å²) in [6, 6.07) is 12.5.